The Bertz CT molecular complexity index is 261. The van der Waals surface area contributed by atoms with Gasteiger partial charge in [-0.3, -0.25) is 0 Å². The van der Waals surface area contributed by atoms with Crippen LogP contribution < -0.4 is 5.73 Å². The Hall–Kier alpha value is -0.820. The van der Waals surface area contributed by atoms with Crippen LogP contribution in [0.2, 0.25) is 0 Å². The van der Waals surface area contributed by atoms with Crippen LogP contribution in [0.25, 0.3) is 0 Å². The van der Waals surface area contributed by atoms with Crippen molar-refractivity contribution in [3.8, 4) is 0 Å². The van der Waals surface area contributed by atoms with Crippen molar-refractivity contribution in [1.29, 1.82) is 0 Å². The van der Waals surface area contributed by atoms with Gasteiger partial charge in [-0.15, -0.1) is 0 Å². The molecule has 0 radical (unpaired) electrons. The molecule has 1 nitrogen and oxygen atoms in total. The van der Waals surface area contributed by atoms with Crippen molar-refractivity contribution in [1.82, 2.24) is 0 Å². The second-order valence-electron chi connectivity index (χ2n) is 4.10. The largest absolute Gasteiger partial charge is 0.322 e. The lowest BCUT2D eigenvalue weighted by Gasteiger charge is -2.20. The molecule has 0 aromatic heterocycles. The Labute approximate surface area is 74.6 Å². The molecule has 0 aliphatic heterocycles. The average Bonchev–Trinajstić information content (AvgIpc) is 1.82. The maximum atomic E-state index is 5.99. The van der Waals surface area contributed by atoms with Gasteiger partial charge in [-0.2, -0.15) is 0 Å². The van der Waals surface area contributed by atoms with Crippen LogP contribution in [0, 0.1) is 13.8 Å². The predicted octanol–water partition coefficient (Wildman–Crippen LogP) is 2.50. The molecule has 0 heterocycles. The van der Waals surface area contributed by atoms with Gasteiger partial charge in [0.15, 0.2) is 0 Å². The van der Waals surface area contributed by atoms with Gasteiger partial charge >= 0.3 is 0 Å². The Morgan fingerprint density at radius 1 is 1.00 bits per heavy atom. The van der Waals surface area contributed by atoms with Gasteiger partial charge in [0.1, 0.15) is 0 Å². The molecule has 2 N–H and O–H groups in total. The van der Waals surface area contributed by atoms with E-state index in [1.807, 2.05) is 13.8 Å². The summed E-state index contributed by atoms with van der Waals surface area (Å²) in [4.78, 5) is 0. The molecule has 0 aliphatic rings. The summed E-state index contributed by atoms with van der Waals surface area (Å²) in [5.41, 5.74) is 9.54. The second-order valence-corrected chi connectivity index (χ2v) is 4.10. The highest BCUT2D eigenvalue weighted by molar-refractivity contribution is 5.32. The summed E-state index contributed by atoms with van der Waals surface area (Å²) < 4.78 is 0. The van der Waals surface area contributed by atoms with Gasteiger partial charge in [0, 0.05) is 5.54 Å². The molecule has 66 valence electrons. The summed E-state index contributed by atoms with van der Waals surface area (Å²) in [6.07, 6.45) is 0. The molecule has 0 bridgehead atoms. The van der Waals surface area contributed by atoms with Crippen molar-refractivity contribution in [3.05, 3.63) is 34.9 Å². The van der Waals surface area contributed by atoms with Gasteiger partial charge in [-0.05, 0) is 33.3 Å². The lowest BCUT2D eigenvalue weighted by Crippen LogP contribution is -2.28. The van der Waals surface area contributed by atoms with Crippen LogP contribution in [-0.2, 0) is 5.54 Å². The van der Waals surface area contributed by atoms with Gasteiger partial charge in [-0.1, -0.05) is 29.3 Å². The van der Waals surface area contributed by atoms with E-state index in [0.717, 1.165) is 0 Å². The topological polar surface area (TPSA) is 26.0 Å². The molecular formula is C11H17N. The molecule has 1 rings (SSSR count). The summed E-state index contributed by atoms with van der Waals surface area (Å²) in [5, 5.41) is 0. The van der Waals surface area contributed by atoms with Crippen molar-refractivity contribution in [2.24, 2.45) is 5.73 Å². The molecule has 1 heteroatoms. The van der Waals surface area contributed by atoms with Gasteiger partial charge in [-0.25, -0.2) is 0 Å². The molecule has 1 aromatic carbocycles. The van der Waals surface area contributed by atoms with E-state index < -0.39 is 0 Å². The number of hydrogen-bond donors (Lipinski definition) is 1. The Morgan fingerprint density at radius 3 is 1.75 bits per heavy atom. The van der Waals surface area contributed by atoms with E-state index in [0.29, 0.717) is 0 Å². The summed E-state index contributed by atoms with van der Waals surface area (Å²) in [6, 6.07) is 6.45. The predicted molar refractivity (Wildman–Crippen MR) is 53.1 cm³/mol. The van der Waals surface area contributed by atoms with E-state index >= 15 is 0 Å². The van der Waals surface area contributed by atoms with Crippen LogP contribution in [-0.4, -0.2) is 0 Å². The third kappa shape index (κ3) is 2.08. The molecule has 12 heavy (non-hydrogen) atoms. The highest BCUT2D eigenvalue weighted by Gasteiger charge is 2.13. The van der Waals surface area contributed by atoms with E-state index in [4.69, 9.17) is 5.73 Å². The molecule has 1 aromatic rings. The zero-order valence-corrected chi connectivity index (χ0v) is 8.31. The lowest BCUT2D eigenvalue weighted by molar-refractivity contribution is 0.553. The first-order valence-electron chi connectivity index (χ1n) is 4.27. The van der Waals surface area contributed by atoms with Gasteiger partial charge < -0.3 is 5.73 Å². The molecule has 0 aliphatic carbocycles. The molecule has 0 saturated heterocycles. The quantitative estimate of drug-likeness (QED) is 0.676. The molecule has 0 fully saturated rings. The standard InChI is InChI=1S/C11H17N/c1-8-5-9(2)7-10(6-8)11(3,4)12/h5-7H,12H2,1-4H3. The van der Waals surface area contributed by atoms with Gasteiger partial charge in [0.25, 0.3) is 0 Å². The minimum Gasteiger partial charge on any atom is -0.322 e. The smallest absolute Gasteiger partial charge is 0.0352 e. The molecular weight excluding hydrogens is 146 g/mol. The molecule has 0 saturated carbocycles. The summed E-state index contributed by atoms with van der Waals surface area (Å²) in [6.45, 7) is 8.26. The third-order valence-electron chi connectivity index (χ3n) is 1.97. The normalized spacial score (nSPS) is 11.8. The zero-order chi connectivity index (χ0) is 9.35. The van der Waals surface area contributed by atoms with E-state index in [-0.39, 0.29) is 5.54 Å². The van der Waals surface area contributed by atoms with Crippen molar-refractivity contribution < 1.29 is 0 Å². The highest BCUT2D eigenvalue weighted by atomic mass is 14.7. The zero-order valence-electron chi connectivity index (χ0n) is 8.31. The first kappa shape index (κ1) is 9.27. The summed E-state index contributed by atoms with van der Waals surface area (Å²) in [7, 11) is 0. The van der Waals surface area contributed by atoms with E-state index in [9.17, 15) is 0 Å². The fourth-order valence-corrected chi connectivity index (χ4v) is 1.35. The minimum absolute atomic E-state index is 0.225. The van der Waals surface area contributed by atoms with Crippen LogP contribution in [0.1, 0.15) is 30.5 Å². The second kappa shape index (κ2) is 2.91. The number of rotatable bonds is 1. The monoisotopic (exact) mass is 163 g/mol. The fourth-order valence-electron chi connectivity index (χ4n) is 1.35. The highest BCUT2D eigenvalue weighted by Crippen LogP contribution is 2.19. The molecule has 0 amide bonds. The third-order valence-corrected chi connectivity index (χ3v) is 1.97. The van der Waals surface area contributed by atoms with E-state index in [1.165, 1.54) is 16.7 Å². The molecule has 0 unspecified atom stereocenters. The number of aryl methyl sites for hydroxylation is 2. The summed E-state index contributed by atoms with van der Waals surface area (Å²) >= 11 is 0. The Morgan fingerprint density at radius 2 is 1.42 bits per heavy atom. The summed E-state index contributed by atoms with van der Waals surface area (Å²) in [5.74, 6) is 0. The first-order chi connectivity index (χ1) is 5.39. The molecule has 0 spiro atoms. The van der Waals surface area contributed by atoms with Crippen LogP contribution in [0.5, 0.6) is 0 Å². The van der Waals surface area contributed by atoms with Crippen molar-refractivity contribution >= 4 is 0 Å². The van der Waals surface area contributed by atoms with Crippen LogP contribution in [0.3, 0.4) is 0 Å². The SMILES string of the molecule is Cc1cc(C)cc(C(C)(C)N)c1. The van der Waals surface area contributed by atoms with E-state index in [1.54, 1.807) is 0 Å². The number of hydrogen-bond acceptors (Lipinski definition) is 1. The average molecular weight is 163 g/mol. The lowest BCUT2D eigenvalue weighted by atomic mass is 9.93. The Kier molecular flexibility index (Phi) is 2.25. The minimum atomic E-state index is -0.225. The van der Waals surface area contributed by atoms with Crippen molar-refractivity contribution in [3.63, 3.8) is 0 Å². The maximum absolute atomic E-state index is 5.99. The van der Waals surface area contributed by atoms with Crippen LogP contribution in [0.15, 0.2) is 18.2 Å². The number of nitrogens with two attached hydrogens (primary N) is 1. The van der Waals surface area contributed by atoms with Crippen LogP contribution in [0.4, 0.5) is 0 Å². The van der Waals surface area contributed by atoms with Crippen molar-refractivity contribution in [2.45, 2.75) is 33.2 Å². The van der Waals surface area contributed by atoms with E-state index in [2.05, 4.69) is 32.0 Å². The maximum Gasteiger partial charge on any atom is 0.0352 e. The first-order valence-corrected chi connectivity index (χ1v) is 4.27. The Balaban J connectivity index is 3.18. The fraction of sp³-hybridized carbons (Fsp3) is 0.455. The molecule has 0 atom stereocenters. The van der Waals surface area contributed by atoms with Gasteiger partial charge in [0.05, 0.1) is 0 Å². The number of benzene rings is 1. The van der Waals surface area contributed by atoms with Crippen LogP contribution >= 0.6 is 0 Å². The van der Waals surface area contributed by atoms with Gasteiger partial charge in [0.2, 0.25) is 0 Å². The van der Waals surface area contributed by atoms with Crippen molar-refractivity contribution in [2.75, 3.05) is 0 Å².